The lowest BCUT2D eigenvalue weighted by Crippen LogP contribution is -2.30. The molecule has 1 saturated carbocycles. The summed E-state index contributed by atoms with van der Waals surface area (Å²) in [5.74, 6) is 2.46. The second-order valence-electron chi connectivity index (χ2n) is 6.03. The average molecular weight is 287 g/mol. The minimum absolute atomic E-state index is 0.477. The normalized spacial score (nSPS) is 19.8. The van der Waals surface area contributed by atoms with Crippen molar-refractivity contribution in [2.75, 3.05) is 18.5 Å². The Kier molecular flexibility index (Phi) is 4.69. The van der Waals surface area contributed by atoms with Gasteiger partial charge in [0.05, 0.1) is 0 Å². The van der Waals surface area contributed by atoms with Gasteiger partial charge in [-0.2, -0.15) is 0 Å². The van der Waals surface area contributed by atoms with Gasteiger partial charge >= 0.3 is 0 Å². The average Bonchev–Trinajstić information content (AvgIpc) is 2.55. The zero-order chi connectivity index (χ0) is 14.5. The van der Waals surface area contributed by atoms with E-state index in [9.17, 15) is 0 Å². The monoisotopic (exact) mass is 287 g/mol. The second kappa shape index (κ2) is 6.88. The molecule has 0 amide bonds. The van der Waals surface area contributed by atoms with E-state index in [1.165, 1.54) is 32.1 Å². The van der Waals surface area contributed by atoms with Crippen molar-refractivity contribution in [3.8, 4) is 11.5 Å². The highest BCUT2D eigenvalue weighted by molar-refractivity contribution is 5.55. The Hall–Kier alpha value is -1.64. The van der Waals surface area contributed by atoms with Gasteiger partial charge in [-0.3, -0.25) is 0 Å². The molecule has 0 aromatic heterocycles. The lowest BCUT2D eigenvalue weighted by molar-refractivity contribution is 0.171. The molecule has 21 heavy (non-hydrogen) atoms. The molecular formula is C18H25NO2. The Bertz CT molecular complexity index is 480. The molecule has 1 aromatic rings. The predicted octanol–water partition coefficient (Wildman–Crippen LogP) is 4.39. The summed E-state index contributed by atoms with van der Waals surface area (Å²) in [7, 11) is 0. The van der Waals surface area contributed by atoms with E-state index in [0.29, 0.717) is 19.3 Å². The van der Waals surface area contributed by atoms with E-state index in [4.69, 9.17) is 9.47 Å². The molecule has 1 heterocycles. The van der Waals surface area contributed by atoms with Gasteiger partial charge in [-0.05, 0) is 37.3 Å². The first-order chi connectivity index (χ1) is 10.4. The fourth-order valence-electron chi connectivity index (χ4n) is 3.43. The lowest BCUT2D eigenvalue weighted by atomic mass is 9.82. The number of fused-ring (bicyclic) bond motifs is 1. The Balaban J connectivity index is 1.71. The highest BCUT2D eigenvalue weighted by Gasteiger charge is 2.23. The molecule has 0 bridgehead atoms. The summed E-state index contributed by atoms with van der Waals surface area (Å²) in [6.45, 7) is 5.20. The molecule has 3 rings (SSSR count). The van der Waals surface area contributed by atoms with Crippen LogP contribution in [0.1, 0.15) is 38.5 Å². The number of hydrogen-bond donors (Lipinski definition) is 1. The Morgan fingerprint density at radius 2 is 1.90 bits per heavy atom. The van der Waals surface area contributed by atoms with Gasteiger partial charge < -0.3 is 14.8 Å². The fourth-order valence-corrected chi connectivity index (χ4v) is 3.43. The van der Waals surface area contributed by atoms with Crippen molar-refractivity contribution in [2.24, 2.45) is 5.92 Å². The summed E-state index contributed by atoms with van der Waals surface area (Å²) >= 11 is 0. The van der Waals surface area contributed by atoms with Crippen LogP contribution >= 0.6 is 0 Å². The van der Waals surface area contributed by atoms with Crippen molar-refractivity contribution in [3.63, 3.8) is 0 Å². The van der Waals surface area contributed by atoms with Crippen LogP contribution in [-0.4, -0.2) is 19.3 Å². The van der Waals surface area contributed by atoms with Gasteiger partial charge in [0.15, 0.2) is 11.5 Å². The molecule has 1 atom stereocenters. The largest absolute Gasteiger partial charge is 0.486 e. The number of rotatable bonds is 5. The highest BCUT2D eigenvalue weighted by Crippen LogP contribution is 2.35. The van der Waals surface area contributed by atoms with Crippen LogP contribution in [0.25, 0.3) is 0 Å². The summed E-state index contributed by atoms with van der Waals surface area (Å²) in [6.07, 6.45) is 9.82. The molecule has 1 N–H and O–H groups in total. The SMILES string of the molecule is C=CC[C@H](Nc1ccc2c(c1)OCCO2)C1CCCCC1. The van der Waals surface area contributed by atoms with Gasteiger partial charge in [-0.15, -0.1) is 6.58 Å². The molecule has 2 aliphatic rings. The number of nitrogens with one attached hydrogen (secondary N) is 1. The zero-order valence-corrected chi connectivity index (χ0v) is 12.6. The van der Waals surface area contributed by atoms with Gasteiger partial charge in [-0.1, -0.05) is 25.3 Å². The minimum atomic E-state index is 0.477. The summed E-state index contributed by atoms with van der Waals surface area (Å²) in [5, 5.41) is 3.69. The minimum Gasteiger partial charge on any atom is -0.486 e. The first-order valence-corrected chi connectivity index (χ1v) is 8.14. The second-order valence-corrected chi connectivity index (χ2v) is 6.03. The third-order valence-corrected chi connectivity index (χ3v) is 4.53. The van der Waals surface area contributed by atoms with Crippen molar-refractivity contribution < 1.29 is 9.47 Å². The summed E-state index contributed by atoms with van der Waals surface area (Å²) in [6, 6.07) is 6.63. The molecule has 0 saturated heterocycles. The van der Waals surface area contributed by atoms with Crippen molar-refractivity contribution in [1.82, 2.24) is 0 Å². The first-order valence-electron chi connectivity index (χ1n) is 8.14. The highest BCUT2D eigenvalue weighted by atomic mass is 16.6. The summed E-state index contributed by atoms with van der Waals surface area (Å²) in [5.41, 5.74) is 1.12. The van der Waals surface area contributed by atoms with E-state index in [0.717, 1.165) is 29.5 Å². The number of ether oxygens (including phenoxy) is 2. The third-order valence-electron chi connectivity index (χ3n) is 4.53. The van der Waals surface area contributed by atoms with Crippen LogP contribution in [0.15, 0.2) is 30.9 Å². The van der Waals surface area contributed by atoms with Crippen molar-refractivity contribution >= 4 is 5.69 Å². The van der Waals surface area contributed by atoms with E-state index in [2.05, 4.69) is 24.0 Å². The van der Waals surface area contributed by atoms with Crippen molar-refractivity contribution in [1.29, 1.82) is 0 Å². The van der Waals surface area contributed by atoms with E-state index in [-0.39, 0.29) is 0 Å². The standard InChI is InChI=1S/C18H25NO2/c1-2-6-16(14-7-4-3-5-8-14)19-15-9-10-17-18(13-15)21-12-11-20-17/h2,9-10,13-14,16,19H,1,3-8,11-12H2/t16-/m0/s1. The predicted molar refractivity (Wildman–Crippen MR) is 86.2 cm³/mol. The maximum absolute atomic E-state index is 5.67. The van der Waals surface area contributed by atoms with Crippen LogP contribution in [0.2, 0.25) is 0 Å². The Morgan fingerprint density at radius 3 is 2.67 bits per heavy atom. The summed E-state index contributed by atoms with van der Waals surface area (Å²) < 4.78 is 11.2. The Morgan fingerprint density at radius 1 is 1.14 bits per heavy atom. The molecule has 114 valence electrons. The number of anilines is 1. The van der Waals surface area contributed by atoms with Crippen LogP contribution in [0.4, 0.5) is 5.69 Å². The quantitative estimate of drug-likeness (QED) is 0.814. The third kappa shape index (κ3) is 3.52. The molecule has 1 aliphatic heterocycles. The van der Waals surface area contributed by atoms with Crippen LogP contribution in [0, 0.1) is 5.92 Å². The Labute approximate surface area is 127 Å². The van der Waals surface area contributed by atoms with E-state index >= 15 is 0 Å². The molecule has 0 radical (unpaired) electrons. The molecule has 3 heteroatoms. The van der Waals surface area contributed by atoms with Gasteiger partial charge in [0.2, 0.25) is 0 Å². The smallest absolute Gasteiger partial charge is 0.163 e. The summed E-state index contributed by atoms with van der Waals surface area (Å²) in [4.78, 5) is 0. The topological polar surface area (TPSA) is 30.5 Å². The van der Waals surface area contributed by atoms with E-state index in [1.54, 1.807) is 0 Å². The van der Waals surface area contributed by atoms with Gasteiger partial charge in [0, 0.05) is 17.8 Å². The van der Waals surface area contributed by atoms with Crippen LogP contribution in [0.3, 0.4) is 0 Å². The van der Waals surface area contributed by atoms with Crippen LogP contribution in [-0.2, 0) is 0 Å². The molecular weight excluding hydrogens is 262 g/mol. The molecule has 3 nitrogen and oxygen atoms in total. The number of hydrogen-bond acceptors (Lipinski definition) is 3. The molecule has 1 aromatic carbocycles. The fraction of sp³-hybridized carbons (Fsp3) is 0.556. The lowest BCUT2D eigenvalue weighted by Gasteiger charge is -2.31. The van der Waals surface area contributed by atoms with Crippen LogP contribution < -0.4 is 14.8 Å². The molecule has 1 aliphatic carbocycles. The van der Waals surface area contributed by atoms with Gasteiger partial charge in [0.1, 0.15) is 13.2 Å². The van der Waals surface area contributed by atoms with Crippen molar-refractivity contribution in [2.45, 2.75) is 44.6 Å². The molecule has 0 spiro atoms. The van der Waals surface area contributed by atoms with Gasteiger partial charge in [0.25, 0.3) is 0 Å². The van der Waals surface area contributed by atoms with Crippen LogP contribution in [0.5, 0.6) is 11.5 Å². The molecule has 0 unspecified atom stereocenters. The first kappa shape index (κ1) is 14.3. The maximum atomic E-state index is 5.67. The maximum Gasteiger partial charge on any atom is 0.163 e. The zero-order valence-electron chi connectivity index (χ0n) is 12.6. The van der Waals surface area contributed by atoms with E-state index in [1.807, 2.05) is 12.1 Å². The van der Waals surface area contributed by atoms with E-state index < -0.39 is 0 Å². The van der Waals surface area contributed by atoms with Gasteiger partial charge in [-0.25, -0.2) is 0 Å². The van der Waals surface area contributed by atoms with Crippen molar-refractivity contribution in [3.05, 3.63) is 30.9 Å². The number of benzene rings is 1. The molecule has 1 fully saturated rings.